The number of rotatable bonds is 5. The monoisotopic (exact) mass is 264 g/mol. The van der Waals surface area contributed by atoms with E-state index in [0.29, 0.717) is 0 Å². The van der Waals surface area contributed by atoms with Crippen molar-refractivity contribution in [1.82, 2.24) is 0 Å². The molecule has 1 fully saturated rings. The fraction of sp³-hybridized carbons (Fsp3) is 0.533. The normalized spacial score (nSPS) is 16.5. The predicted octanol–water partition coefficient (Wildman–Crippen LogP) is 3.94. The van der Waals surface area contributed by atoms with E-state index in [4.69, 9.17) is 4.74 Å². The molecule has 0 aliphatic heterocycles. The molecule has 0 heterocycles. The zero-order chi connectivity index (χ0) is 12.8. The Balaban J connectivity index is 1.88. The summed E-state index contributed by atoms with van der Waals surface area (Å²) in [5, 5.41) is 0. The highest BCUT2D eigenvalue weighted by atomic mass is 32.2. The van der Waals surface area contributed by atoms with Gasteiger partial charge >= 0.3 is 0 Å². The first-order valence-corrected chi connectivity index (χ1v) is 7.82. The number of para-hydroxylation sites is 1. The number of Topliss-reactive ketones (excluding diaryl/α,β-unsaturated/α-hetero) is 1. The van der Waals surface area contributed by atoms with Gasteiger partial charge in [-0.25, -0.2) is 0 Å². The second-order valence-corrected chi connectivity index (χ2v) is 5.59. The molecule has 98 valence electrons. The van der Waals surface area contributed by atoms with Gasteiger partial charge in [0.2, 0.25) is 0 Å². The number of hydrogen-bond acceptors (Lipinski definition) is 3. The number of ketones is 1. The number of ether oxygens (including phenoxy) is 1. The van der Waals surface area contributed by atoms with Crippen LogP contribution in [0.15, 0.2) is 29.2 Å². The highest BCUT2D eigenvalue weighted by Crippen LogP contribution is 2.28. The molecule has 1 aliphatic carbocycles. The molecule has 0 radical (unpaired) electrons. The molecule has 2 rings (SSSR count). The second-order valence-electron chi connectivity index (χ2n) is 4.74. The van der Waals surface area contributed by atoms with Crippen LogP contribution in [0.1, 0.15) is 32.1 Å². The third-order valence-electron chi connectivity index (χ3n) is 3.50. The van der Waals surface area contributed by atoms with Crippen molar-refractivity contribution in [1.29, 1.82) is 0 Å². The van der Waals surface area contributed by atoms with E-state index in [1.54, 1.807) is 11.8 Å². The van der Waals surface area contributed by atoms with E-state index < -0.39 is 0 Å². The summed E-state index contributed by atoms with van der Waals surface area (Å²) in [4.78, 5) is 13.1. The predicted molar refractivity (Wildman–Crippen MR) is 75.3 cm³/mol. The maximum Gasteiger partial charge on any atom is 0.173 e. The van der Waals surface area contributed by atoms with Crippen LogP contribution in [0, 0.1) is 5.92 Å². The Morgan fingerprint density at radius 1 is 1.28 bits per heavy atom. The van der Waals surface area contributed by atoms with Crippen LogP contribution in [0.25, 0.3) is 0 Å². The standard InChI is InChI=1S/C15H20O2S/c1-18-15-10-6-5-9-14(15)17-11-13(16)12-7-3-2-4-8-12/h5-6,9-10,12H,2-4,7-8,11H2,1H3. The average molecular weight is 264 g/mol. The molecule has 0 N–H and O–H groups in total. The molecule has 0 spiro atoms. The lowest BCUT2D eigenvalue weighted by atomic mass is 9.86. The van der Waals surface area contributed by atoms with Crippen molar-refractivity contribution in [3.8, 4) is 5.75 Å². The summed E-state index contributed by atoms with van der Waals surface area (Å²) in [5.74, 6) is 1.33. The minimum atomic E-state index is 0.224. The first kappa shape index (κ1) is 13.5. The van der Waals surface area contributed by atoms with E-state index in [2.05, 4.69) is 0 Å². The smallest absolute Gasteiger partial charge is 0.173 e. The highest BCUT2D eigenvalue weighted by Gasteiger charge is 2.21. The van der Waals surface area contributed by atoms with Crippen LogP contribution in [0.5, 0.6) is 5.75 Å². The Bertz CT molecular complexity index is 397. The van der Waals surface area contributed by atoms with Gasteiger partial charge in [0.25, 0.3) is 0 Å². The van der Waals surface area contributed by atoms with Crippen molar-refractivity contribution >= 4 is 17.5 Å². The van der Waals surface area contributed by atoms with Gasteiger partial charge in [-0.15, -0.1) is 11.8 Å². The lowest BCUT2D eigenvalue weighted by molar-refractivity contribution is -0.125. The summed E-state index contributed by atoms with van der Waals surface area (Å²) in [7, 11) is 0. The van der Waals surface area contributed by atoms with E-state index in [0.717, 1.165) is 23.5 Å². The van der Waals surface area contributed by atoms with Gasteiger partial charge in [0, 0.05) is 10.8 Å². The Kier molecular flexibility index (Phi) is 5.12. The maximum absolute atomic E-state index is 12.0. The third kappa shape index (κ3) is 3.52. The summed E-state index contributed by atoms with van der Waals surface area (Å²) in [6.07, 6.45) is 7.78. The van der Waals surface area contributed by atoms with Crippen molar-refractivity contribution < 1.29 is 9.53 Å². The van der Waals surface area contributed by atoms with Crippen molar-refractivity contribution in [2.24, 2.45) is 5.92 Å². The van der Waals surface area contributed by atoms with Gasteiger partial charge in [0.1, 0.15) is 12.4 Å². The minimum absolute atomic E-state index is 0.224. The molecule has 1 saturated carbocycles. The van der Waals surface area contributed by atoms with Crippen molar-refractivity contribution in [2.45, 2.75) is 37.0 Å². The van der Waals surface area contributed by atoms with Crippen LogP contribution >= 0.6 is 11.8 Å². The van der Waals surface area contributed by atoms with E-state index >= 15 is 0 Å². The molecular weight excluding hydrogens is 244 g/mol. The first-order chi connectivity index (χ1) is 8.81. The number of carbonyl (C=O) groups is 1. The molecule has 1 aromatic carbocycles. The first-order valence-electron chi connectivity index (χ1n) is 6.60. The molecule has 0 bridgehead atoms. The fourth-order valence-corrected chi connectivity index (χ4v) is 2.97. The molecule has 0 saturated heterocycles. The largest absolute Gasteiger partial charge is 0.485 e. The lowest BCUT2D eigenvalue weighted by Crippen LogP contribution is -2.23. The highest BCUT2D eigenvalue weighted by molar-refractivity contribution is 7.98. The molecule has 0 unspecified atom stereocenters. The van der Waals surface area contributed by atoms with E-state index in [1.165, 1.54) is 19.3 Å². The Morgan fingerprint density at radius 3 is 2.72 bits per heavy atom. The molecule has 0 atom stereocenters. The quantitative estimate of drug-likeness (QED) is 0.754. The fourth-order valence-electron chi connectivity index (χ4n) is 2.43. The minimum Gasteiger partial charge on any atom is -0.485 e. The zero-order valence-electron chi connectivity index (χ0n) is 10.9. The van der Waals surface area contributed by atoms with Crippen LogP contribution in [0.4, 0.5) is 0 Å². The summed E-state index contributed by atoms with van der Waals surface area (Å²) in [6, 6.07) is 7.88. The van der Waals surface area contributed by atoms with Crippen LogP contribution < -0.4 is 4.74 Å². The number of carbonyl (C=O) groups excluding carboxylic acids is 1. The van der Waals surface area contributed by atoms with Gasteiger partial charge < -0.3 is 4.74 Å². The van der Waals surface area contributed by atoms with E-state index in [-0.39, 0.29) is 18.3 Å². The Hall–Kier alpha value is -0.960. The molecule has 0 aromatic heterocycles. The number of benzene rings is 1. The Labute approximate surface area is 113 Å². The van der Waals surface area contributed by atoms with E-state index in [9.17, 15) is 4.79 Å². The summed E-state index contributed by atoms with van der Waals surface area (Å²) in [6.45, 7) is 0.224. The van der Waals surface area contributed by atoms with Gasteiger partial charge in [-0.3, -0.25) is 4.79 Å². The maximum atomic E-state index is 12.0. The van der Waals surface area contributed by atoms with Crippen LogP contribution in [0.3, 0.4) is 0 Å². The van der Waals surface area contributed by atoms with Crippen molar-refractivity contribution in [3.63, 3.8) is 0 Å². The Morgan fingerprint density at radius 2 is 2.00 bits per heavy atom. The van der Waals surface area contributed by atoms with Gasteiger partial charge in [0.15, 0.2) is 5.78 Å². The van der Waals surface area contributed by atoms with Gasteiger partial charge in [0.05, 0.1) is 0 Å². The molecule has 18 heavy (non-hydrogen) atoms. The number of thioether (sulfide) groups is 1. The van der Waals surface area contributed by atoms with Crippen LogP contribution in [0.2, 0.25) is 0 Å². The summed E-state index contributed by atoms with van der Waals surface area (Å²) >= 11 is 1.65. The summed E-state index contributed by atoms with van der Waals surface area (Å²) < 4.78 is 5.67. The SMILES string of the molecule is CSc1ccccc1OCC(=O)C1CCCCC1. The van der Waals surface area contributed by atoms with Gasteiger partial charge in [-0.1, -0.05) is 31.4 Å². The topological polar surface area (TPSA) is 26.3 Å². The van der Waals surface area contributed by atoms with E-state index in [1.807, 2.05) is 30.5 Å². The van der Waals surface area contributed by atoms with Crippen LogP contribution in [-0.2, 0) is 4.79 Å². The average Bonchev–Trinajstić information content (AvgIpc) is 2.46. The second kappa shape index (κ2) is 6.83. The third-order valence-corrected chi connectivity index (χ3v) is 4.28. The molecule has 2 nitrogen and oxygen atoms in total. The van der Waals surface area contributed by atoms with Gasteiger partial charge in [-0.05, 0) is 31.2 Å². The lowest BCUT2D eigenvalue weighted by Gasteiger charge is -2.20. The zero-order valence-corrected chi connectivity index (χ0v) is 11.7. The molecular formula is C15H20O2S. The van der Waals surface area contributed by atoms with Crippen molar-refractivity contribution in [3.05, 3.63) is 24.3 Å². The molecule has 1 aromatic rings. The van der Waals surface area contributed by atoms with Crippen LogP contribution in [-0.4, -0.2) is 18.6 Å². The van der Waals surface area contributed by atoms with Gasteiger partial charge in [-0.2, -0.15) is 0 Å². The summed E-state index contributed by atoms with van der Waals surface area (Å²) in [5.41, 5.74) is 0. The molecule has 0 amide bonds. The van der Waals surface area contributed by atoms with Crippen molar-refractivity contribution in [2.75, 3.05) is 12.9 Å². The molecule has 1 aliphatic rings. The number of hydrogen-bond donors (Lipinski definition) is 0. The molecule has 3 heteroatoms.